The zero-order valence-corrected chi connectivity index (χ0v) is 21.8. The Bertz CT molecular complexity index is 1340. The number of aryl methyl sites for hydroxylation is 2. The predicted octanol–water partition coefficient (Wildman–Crippen LogP) is 5.20. The normalized spacial score (nSPS) is 13.1. The van der Waals surface area contributed by atoms with Crippen LogP contribution in [0, 0.1) is 0 Å². The molecule has 2 heterocycles. The molecule has 0 saturated heterocycles. The van der Waals surface area contributed by atoms with E-state index in [2.05, 4.69) is 65.5 Å². The van der Waals surface area contributed by atoms with Crippen LogP contribution < -0.4 is 5.32 Å². The minimum atomic E-state index is -3.51. The van der Waals surface area contributed by atoms with Crippen molar-refractivity contribution in [2.24, 2.45) is 0 Å². The van der Waals surface area contributed by atoms with Gasteiger partial charge in [-0.05, 0) is 53.6 Å². The summed E-state index contributed by atoms with van der Waals surface area (Å²) in [6.45, 7) is 5.69. The van der Waals surface area contributed by atoms with Crippen LogP contribution in [0.2, 0.25) is 0 Å². The van der Waals surface area contributed by atoms with Crippen molar-refractivity contribution in [3.05, 3.63) is 81.8 Å². The Morgan fingerprint density at radius 1 is 1.09 bits per heavy atom. The number of thiophene rings is 1. The van der Waals surface area contributed by atoms with Crippen molar-refractivity contribution in [1.29, 1.82) is 0 Å². The van der Waals surface area contributed by atoms with Gasteiger partial charge in [-0.3, -0.25) is 5.32 Å². The molecular formula is C26H32N4O2S2. The van der Waals surface area contributed by atoms with Gasteiger partial charge in [-0.1, -0.05) is 44.2 Å². The minimum absolute atomic E-state index is 0.0606. The highest BCUT2D eigenvalue weighted by Gasteiger charge is 2.21. The Hall–Kier alpha value is -2.52. The van der Waals surface area contributed by atoms with Crippen LogP contribution >= 0.6 is 11.3 Å². The first kappa shape index (κ1) is 24.6. The number of rotatable bonds is 10. The Morgan fingerprint density at radius 2 is 1.85 bits per heavy atom. The fraction of sp³-hybridized carbons (Fsp3) is 0.346. The topological polar surface area (TPSA) is 67.2 Å². The predicted molar refractivity (Wildman–Crippen MR) is 140 cm³/mol. The molecule has 0 fully saturated rings. The van der Waals surface area contributed by atoms with E-state index in [1.807, 2.05) is 6.07 Å². The SMILES string of the molecule is CCCn1c(CNC(c2ccc(CC)cc2)c2cccs2)nc2cc(S(=O)(=O)N(C)C)ccc21. The second kappa shape index (κ2) is 10.4. The van der Waals surface area contributed by atoms with Gasteiger partial charge in [-0.2, -0.15) is 0 Å². The molecular weight excluding hydrogens is 464 g/mol. The quantitative estimate of drug-likeness (QED) is 0.328. The number of aromatic nitrogens is 2. The summed E-state index contributed by atoms with van der Waals surface area (Å²) in [5, 5.41) is 5.82. The molecule has 1 atom stereocenters. The molecule has 0 aliphatic heterocycles. The largest absolute Gasteiger partial charge is 0.327 e. The molecule has 6 nitrogen and oxygen atoms in total. The molecule has 1 unspecified atom stereocenters. The van der Waals surface area contributed by atoms with E-state index in [0.29, 0.717) is 12.1 Å². The lowest BCUT2D eigenvalue weighted by atomic mass is 10.0. The number of hydrogen-bond acceptors (Lipinski definition) is 5. The van der Waals surface area contributed by atoms with E-state index in [9.17, 15) is 8.42 Å². The van der Waals surface area contributed by atoms with E-state index < -0.39 is 10.0 Å². The van der Waals surface area contributed by atoms with Crippen molar-refractivity contribution >= 4 is 32.4 Å². The first-order valence-corrected chi connectivity index (χ1v) is 13.9. The first-order valence-electron chi connectivity index (χ1n) is 11.6. The van der Waals surface area contributed by atoms with Crippen LogP contribution in [0.15, 0.2) is 64.9 Å². The highest BCUT2D eigenvalue weighted by atomic mass is 32.2. The third kappa shape index (κ3) is 4.95. The minimum Gasteiger partial charge on any atom is -0.327 e. The van der Waals surface area contributed by atoms with Gasteiger partial charge in [0.05, 0.1) is 28.5 Å². The molecule has 0 spiro atoms. The van der Waals surface area contributed by atoms with E-state index >= 15 is 0 Å². The molecule has 1 N–H and O–H groups in total. The lowest BCUT2D eigenvalue weighted by Crippen LogP contribution is -2.23. The monoisotopic (exact) mass is 496 g/mol. The fourth-order valence-electron chi connectivity index (χ4n) is 4.12. The molecule has 4 aromatic rings. The van der Waals surface area contributed by atoms with Gasteiger partial charge < -0.3 is 4.57 Å². The summed E-state index contributed by atoms with van der Waals surface area (Å²) in [4.78, 5) is 6.37. The number of sulfonamides is 1. The molecule has 34 heavy (non-hydrogen) atoms. The van der Waals surface area contributed by atoms with Crippen LogP contribution in [0.1, 0.15) is 48.1 Å². The van der Waals surface area contributed by atoms with E-state index in [4.69, 9.17) is 4.98 Å². The molecule has 180 valence electrons. The van der Waals surface area contributed by atoms with E-state index in [-0.39, 0.29) is 10.9 Å². The molecule has 0 aliphatic carbocycles. The molecule has 2 aromatic carbocycles. The maximum Gasteiger partial charge on any atom is 0.242 e. The van der Waals surface area contributed by atoms with Crippen LogP contribution in [0.25, 0.3) is 11.0 Å². The van der Waals surface area contributed by atoms with Gasteiger partial charge in [-0.15, -0.1) is 11.3 Å². The van der Waals surface area contributed by atoms with Crippen LogP contribution in [0.5, 0.6) is 0 Å². The van der Waals surface area contributed by atoms with Crippen LogP contribution in [0.3, 0.4) is 0 Å². The number of benzene rings is 2. The number of nitrogens with one attached hydrogen (secondary N) is 1. The van der Waals surface area contributed by atoms with Gasteiger partial charge in [0.2, 0.25) is 10.0 Å². The zero-order valence-electron chi connectivity index (χ0n) is 20.2. The average Bonchev–Trinajstić information content (AvgIpc) is 3.48. The lowest BCUT2D eigenvalue weighted by Gasteiger charge is -2.19. The molecule has 8 heteroatoms. The van der Waals surface area contributed by atoms with Crippen LogP contribution in [-0.2, 0) is 29.5 Å². The van der Waals surface area contributed by atoms with E-state index in [1.54, 1.807) is 37.6 Å². The van der Waals surface area contributed by atoms with E-state index in [0.717, 1.165) is 30.7 Å². The summed E-state index contributed by atoms with van der Waals surface area (Å²) in [5.74, 6) is 0.906. The summed E-state index contributed by atoms with van der Waals surface area (Å²) >= 11 is 1.74. The Labute approximate surface area is 206 Å². The second-order valence-electron chi connectivity index (χ2n) is 8.54. The standard InChI is InChI=1S/C26H32N4O2S2/c1-5-15-30-23-14-13-21(34(31,32)29(3)4)17-22(23)28-25(30)18-27-26(24-8-7-16-33-24)20-11-9-19(6-2)10-12-20/h7-14,16-17,26-27H,5-6,15,18H2,1-4H3. The number of imidazole rings is 1. The summed E-state index contributed by atoms with van der Waals surface area (Å²) in [6, 6.07) is 18.3. The first-order chi connectivity index (χ1) is 16.3. The molecule has 0 radical (unpaired) electrons. The van der Waals surface area contributed by atoms with E-state index in [1.165, 1.54) is 20.3 Å². The summed E-state index contributed by atoms with van der Waals surface area (Å²) < 4.78 is 28.7. The average molecular weight is 497 g/mol. The fourth-order valence-corrected chi connectivity index (χ4v) is 5.87. The van der Waals surface area contributed by atoms with Gasteiger partial charge >= 0.3 is 0 Å². The van der Waals surface area contributed by atoms with Gasteiger partial charge in [0.15, 0.2) is 0 Å². The highest BCUT2D eigenvalue weighted by Crippen LogP contribution is 2.28. The molecule has 2 aromatic heterocycles. The van der Waals surface area contributed by atoms with Crippen molar-refractivity contribution in [2.75, 3.05) is 14.1 Å². The maximum absolute atomic E-state index is 12.6. The molecule has 0 aliphatic rings. The summed E-state index contributed by atoms with van der Waals surface area (Å²) in [5.41, 5.74) is 4.20. The Balaban J connectivity index is 1.68. The lowest BCUT2D eigenvalue weighted by molar-refractivity contribution is 0.521. The molecule has 0 saturated carbocycles. The number of hydrogen-bond donors (Lipinski definition) is 1. The van der Waals surface area contributed by atoms with Crippen molar-refractivity contribution in [1.82, 2.24) is 19.2 Å². The smallest absolute Gasteiger partial charge is 0.242 e. The second-order valence-corrected chi connectivity index (χ2v) is 11.7. The van der Waals surface area contributed by atoms with Crippen molar-refractivity contribution in [2.45, 2.75) is 50.7 Å². The van der Waals surface area contributed by atoms with Crippen molar-refractivity contribution in [3.63, 3.8) is 0 Å². The Morgan fingerprint density at radius 3 is 2.47 bits per heavy atom. The Kier molecular flexibility index (Phi) is 7.52. The van der Waals surface area contributed by atoms with Crippen molar-refractivity contribution in [3.8, 4) is 0 Å². The van der Waals surface area contributed by atoms with Crippen LogP contribution in [-0.4, -0.2) is 36.4 Å². The zero-order chi connectivity index (χ0) is 24.3. The summed E-state index contributed by atoms with van der Waals surface area (Å²) in [7, 11) is -0.424. The molecule has 4 rings (SSSR count). The third-order valence-corrected chi connectivity index (χ3v) is 8.79. The maximum atomic E-state index is 12.6. The third-order valence-electron chi connectivity index (χ3n) is 6.04. The highest BCUT2D eigenvalue weighted by molar-refractivity contribution is 7.89. The van der Waals surface area contributed by atoms with Gasteiger partial charge in [0.1, 0.15) is 5.82 Å². The van der Waals surface area contributed by atoms with Gasteiger partial charge in [0, 0.05) is 25.5 Å². The van der Waals surface area contributed by atoms with Crippen LogP contribution in [0.4, 0.5) is 0 Å². The van der Waals surface area contributed by atoms with Crippen molar-refractivity contribution < 1.29 is 8.42 Å². The van der Waals surface area contributed by atoms with Gasteiger partial charge in [0.25, 0.3) is 0 Å². The van der Waals surface area contributed by atoms with Gasteiger partial charge in [-0.25, -0.2) is 17.7 Å². The number of fused-ring (bicyclic) bond motifs is 1. The summed E-state index contributed by atoms with van der Waals surface area (Å²) in [6.07, 6.45) is 1.98. The number of nitrogens with zero attached hydrogens (tertiary/aromatic N) is 3. The molecule has 0 bridgehead atoms. The molecule has 0 amide bonds.